The normalized spacial score (nSPS) is 10.4. The molecule has 0 saturated heterocycles. The van der Waals surface area contributed by atoms with Crippen LogP contribution in [0.3, 0.4) is 0 Å². The summed E-state index contributed by atoms with van der Waals surface area (Å²) in [6, 6.07) is 5.37. The second-order valence-electron chi connectivity index (χ2n) is 4.52. The van der Waals surface area contributed by atoms with E-state index in [1.54, 1.807) is 17.4 Å². The minimum Gasteiger partial charge on any atom is -0.399 e. The van der Waals surface area contributed by atoms with Crippen LogP contribution in [0.15, 0.2) is 23.6 Å². The molecule has 2 aromatic rings. The second-order valence-corrected chi connectivity index (χ2v) is 5.46. The molecule has 0 spiro atoms. The van der Waals surface area contributed by atoms with Gasteiger partial charge in [0, 0.05) is 35.3 Å². The van der Waals surface area contributed by atoms with E-state index in [-0.39, 0.29) is 5.91 Å². The molecule has 0 unspecified atom stereocenters. The molecule has 0 saturated carbocycles. The highest BCUT2D eigenvalue weighted by atomic mass is 32.1. The summed E-state index contributed by atoms with van der Waals surface area (Å²) in [6.45, 7) is 4.47. The van der Waals surface area contributed by atoms with Crippen LogP contribution in [0.5, 0.6) is 0 Å². The molecule has 19 heavy (non-hydrogen) atoms. The number of benzene rings is 1. The van der Waals surface area contributed by atoms with Crippen molar-refractivity contribution in [2.45, 2.75) is 20.3 Å². The number of hydrogen-bond acceptors (Lipinski definition) is 4. The van der Waals surface area contributed by atoms with E-state index in [0.717, 1.165) is 22.7 Å². The Morgan fingerprint density at radius 2 is 2.16 bits per heavy atom. The van der Waals surface area contributed by atoms with Crippen molar-refractivity contribution < 1.29 is 4.79 Å². The minimum atomic E-state index is -0.0938. The number of thiazole rings is 1. The Kier molecular flexibility index (Phi) is 4.16. The minimum absolute atomic E-state index is 0.0938. The third-order valence-corrected chi connectivity index (χ3v) is 3.68. The van der Waals surface area contributed by atoms with Crippen LogP contribution in [0.25, 0.3) is 0 Å². The highest BCUT2D eigenvalue weighted by molar-refractivity contribution is 7.09. The maximum absolute atomic E-state index is 12.0. The molecule has 2 rings (SSSR count). The summed E-state index contributed by atoms with van der Waals surface area (Å²) in [4.78, 5) is 16.3. The molecule has 1 amide bonds. The lowest BCUT2D eigenvalue weighted by atomic mass is 10.1. The average Bonchev–Trinajstić information content (AvgIpc) is 2.73. The molecule has 4 nitrogen and oxygen atoms in total. The molecule has 3 N–H and O–H groups in total. The fourth-order valence-electron chi connectivity index (χ4n) is 1.85. The van der Waals surface area contributed by atoms with Gasteiger partial charge in [0.1, 0.15) is 0 Å². The molecule has 0 atom stereocenters. The largest absolute Gasteiger partial charge is 0.399 e. The van der Waals surface area contributed by atoms with Gasteiger partial charge in [-0.2, -0.15) is 0 Å². The Hall–Kier alpha value is -1.88. The van der Waals surface area contributed by atoms with Crippen LogP contribution < -0.4 is 11.1 Å². The number of aromatic nitrogens is 1. The van der Waals surface area contributed by atoms with Crippen LogP contribution in [0.1, 0.15) is 26.6 Å². The summed E-state index contributed by atoms with van der Waals surface area (Å²) < 4.78 is 0. The summed E-state index contributed by atoms with van der Waals surface area (Å²) >= 11 is 1.62. The van der Waals surface area contributed by atoms with Crippen molar-refractivity contribution in [2.75, 3.05) is 12.3 Å². The van der Waals surface area contributed by atoms with E-state index in [0.29, 0.717) is 17.8 Å². The lowest BCUT2D eigenvalue weighted by molar-refractivity contribution is 0.0954. The fraction of sp³-hybridized carbons (Fsp3) is 0.286. The number of nitrogens with two attached hydrogens (primary N) is 1. The van der Waals surface area contributed by atoms with Crippen molar-refractivity contribution >= 4 is 22.9 Å². The first-order valence-corrected chi connectivity index (χ1v) is 6.99. The smallest absolute Gasteiger partial charge is 0.251 e. The van der Waals surface area contributed by atoms with Crippen LogP contribution in [-0.4, -0.2) is 17.4 Å². The molecule has 0 aliphatic carbocycles. The first kappa shape index (κ1) is 13.5. The van der Waals surface area contributed by atoms with Crippen LogP contribution in [-0.2, 0) is 6.42 Å². The Balaban J connectivity index is 1.90. The predicted molar refractivity (Wildman–Crippen MR) is 78.5 cm³/mol. The molecule has 1 aromatic heterocycles. The SMILES string of the molecule is Cc1cc(N)cc(C(=O)NCCc2nc(C)cs2)c1. The lowest BCUT2D eigenvalue weighted by Crippen LogP contribution is -2.25. The number of rotatable bonds is 4. The highest BCUT2D eigenvalue weighted by Crippen LogP contribution is 2.11. The zero-order chi connectivity index (χ0) is 13.8. The topological polar surface area (TPSA) is 68.0 Å². The van der Waals surface area contributed by atoms with Gasteiger partial charge in [0.25, 0.3) is 5.91 Å². The first-order valence-electron chi connectivity index (χ1n) is 6.11. The predicted octanol–water partition coefficient (Wildman–Crippen LogP) is 2.31. The molecular weight excluding hydrogens is 258 g/mol. The van der Waals surface area contributed by atoms with E-state index in [2.05, 4.69) is 10.3 Å². The van der Waals surface area contributed by atoms with E-state index in [1.165, 1.54) is 0 Å². The van der Waals surface area contributed by atoms with Gasteiger partial charge >= 0.3 is 0 Å². The molecule has 1 heterocycles. The van der Waals surface area contributed by atoms with Crippen LogP contribution in [0, 0.1) is 13.8 Å². The van der Waals surface area contributed by atoms with Crippen molar-refractivity contribution in [1.82, 2.24) is 10.3 Å². The number of carbonyl (C=O) groups excluding carboxylic acids is 1. The molecule has 0 bridgehead atoms. The standard InChI is InChI=1S/C14H17N3OS/c1-9-5-11(7-12(15)6-9)14(18)16-4-3-13-17-10(2)8-19-13/h5-8H,3-4,15H2,1-2H3,(H,16,18). The third-order valence-electron chi connectivity index (χ3n) is 2.65. The first-order chi connectivity index (χ1) is 9.04. The number of nitrogens with zero attached hydrogens (tertiary/aromatic N) is 1. The van der Waals surface area contributed by atoms with Crippen molar-refractivity contribution in [2.24, 2.45) is 0 Å². The number of nitrogens with one attached hydrogen (secondary N) is 1. The summed E-state index contributed by atoms with van der Waals surface area (Å²) in [7, 11) is 0. The van der Waals surface area contributed by atoms with Gasteiger partial charge in [0.05, 0.1) is 5.01 Å². The summed E-state index contributed by atoms with van der Waals surface area (Å²) in [6.07, 6.45) is 0.756. The third kappa shape index (κ3) is 3.79. The Morgan fingerprint density at radius 3 is 2.79 bits per heavy atom. The summed E-state index contributed by atoms with van der Waals surface area (Å²) in [5.41, 5.74) is 8.96. The second kappa shape index (κ2) is 5.84. The monoisotopic (exact) mass is 275 g/mol. The number of amides is 1. The fourth-order valence-corrected chi connectivity index (χ4v) is 2.62. The van der Waals surface area contributed by atoms with Crippen molar-refractivity contribution in [1.29, 1.82) is 0 Å². The summed E-state index contributed by atoms with van der Waals surface area (Å²) in [5.74, 6) is -0.0938. The quantitative estimate of drug-likeness (QED) is 0.841. The van der Waals surface area contributed by atoms with Gasteiger partial charge in [-0.25, -0.2) is 4.98 Å². The van der Waals surface area contributed by atoms with Crippen molar-refractivity contribution in [3.8, 4) is 0 Å². The number of nitrogen functional groups attached to an aromatic ring is 1. The molecule has 5 heteroatoms. The van der Waals surface area contributed by atoms with Crippen molar-refractivity contribution in [3.63, 3.8) is 0 Å². The number of hydrogen-bond donors (Lipinski definition) is 2. The van der Waals surface area contributed by atoms with Gasteiger partial charge < -0.3 is 11.1 Å². The molecule has 100 valence electrons. The highest BCUT2D eigenvalue weighted by Gasteiger charge is 2.07. The maximum Gasteiger partial charge on any atom is 0.251 e. The van der Waals surface area contributed by atoms with E-state index in [4.69, 9.17) is 5.73 Å². The average molecular weight is 275 g/mol. The zero-order valence-corrected chi connectivity index (χ0v) is 11.9. The van der Waals surface area contributed by atoms with Crippen LogP contribution in [0.4, 0.5) is 5.69 Å². The van der Waals surface area contributed by atoms with Crippen LogP contribution >= 0.6 is 11.3 Å². The lowest BCUT2D eigenvalue weighted by Gasteiger charge is -2.06. The molecule has 0 aliphatic heterocycles. The molecular formula is C14H17N3OS. The van der Waals surface area contributed by atoms with E-state index in [1.807, 2.05) is 31.4 Å². The van der Waals surface area contributed by atoms with Gasteiger partial charge in [-0.15, -0.1) is 11.3 Å². The Bertz CT molecular complexity index is 572. The van der Waals surface area contributed by atoms with Crippen LogP contribution in [0.2, 0.25) is 0 Å². The Labute approximate surface area is 116 Å². The molecule has 0 aliphatic rings. The van der Waals surface area contributed by atoms with E-state index in [9.17, 15) is 4.79 Å². The van der Waals surface area contributed by atoms with Crippen molar-refractivity contribution in [3.05, 3.63) is 45.4 Å². The summed E-state index contributed by atoms with van der Waals surface area (Å²) in [5, 5.41) is 5.94. The van der Waals surface area contributed by atoms with Gasteiger partial charge in [0.15, 0.2) is 0 Å². The maximum atomic E-state index is 12.0. The number of anilines is 1. The number of aryl methyl sites for hydroxylation is 2. The Morgan fingerprint density at radius 1 is 1.37 bits per heavy atom. The van der Waals surface area contributed by atoms with Gasteiger partial charge in [-0.3, -0.25) is 4.79 Å². The van der Waals surface area contributed by atoms with Gasteiger partial charge in [-0.1, -0.05) is 0 Å². The molecule has 1 aromatic carbocycles. The number of carbonyl (C=O) groups is 1. The zero-order valence-electron chi connectivity index (χ0n) is 11.1. The van der Waals surface area contributed by atoms with E-state index >= 15 is 0 Å². The van der Waals surface area contributed by atoms with Gasteiger partial charge in [-0.05, 0) is 37.6 Å². The molecule has 0 fully saturated rings. The molecule has 0 radical (unpaired) electrons. The van der Waals surface area contributed by atoms with E-state index < -0.39 is 0 Å². The van der Waals surface area contributed by atoms with Gasteiger partial charge in [0.2, 0.25) is 0 Å².